The standard InChI is InChI=1S/C27H29F3N6O/c1-15-9-16(11-17(28)10-15)20-14-33-26(32-5-8-37-2)23(25(20)36-6-3-19(31)4-7-36)27-34-22-13-18(29)12-21(30)24(22)35-27/h9-14,19H,3-8,31H2,1-2H3,(H,32,33)(H,34,35). The van der Waals surface area contributed by atoms with E-state index in [1.165, 1.54) is 18.2 Å². The van der Waals surface area contributed by atoms with Crippen molar-refractivity contribution in [3.8, 4) is 22.5 Å². The number of nitrogens with zero attached hydrogens (tertiary/aromatic N) is 3. The number of halogens is 3. The molecule has 0 unspecified atom stereocenters. The van der Waals surface area contributed by atoms with Crippen molar-refractivity contribution in [1.29, 1.82) is 0 Å². The highest BCUT2D eigenvalue weighted by molar-refractivity contribution is 5.96. The summed E-state index contributed by atoms with van der Waals surface area (Å²) in [7, 11) is 1.60. The second-order valence-corrected chi connectivity index (χ2v) is 9.37. The predicted octanol–water partition coefficient (Wildman–Crippen LogP) is 5.00. The second-order valence-electron chi connectivity index (χ2n) is 9.37. The van der Waals surface area contributed by atoms with Gasteiger partial charge >= 0.3 is 0 Å². The number of aryl methyl sites for hydroxylation is 1. The molecule has 7 nitrogen and oxygen atoms in total. The third-order valence-electron chi connectivity index (χ3n) is 6.60. The van der Waals surface area contributed by atoms with Gasteiger partial charge in [-0.3, -0.25) is 0 Å². The molecule has 4 N–H and O–H groups in total. The first-order valence-electron chi connectivity index (χ1n) is 12.2. The largest absolute Gasteiger partial charge is 0.383 e. The zero-order valence-electron chi connectivity index (χ0n) is 20.7. The van der Waals surface area contributed by atoms with Crippen LogP contribution in [-0.2, 0) is 4.74 Å². The number of aromatic nitrogens is 3. The van der Waals surface area contributed by atoms with Gasteiger partial charge in [-0.1, -0.05) is 6.07 Å². The van der Waals surface area contributed by atoms with Crippen LogP contribution in [0.5, 0.6) is 0 Å². The smallest absolute Gasteiger partial charge is 0.153 e. The third-order valence-corrected chi connectivity index (χ3v) is 6.60. The number of aromatic amines is 1. The number of nitrogens with two attached hydrogens (primary N) is 1. The average molecular weight is 511 g/mol. The van der Waals surface area contributed by atoms with Crippen molar-refractivity contribution in [2.45, 2.75) is 25.8 Å². The van der Waals surface area contributed by atoms with Crippen LogP contribution in [0.25, 0.3) is 33.5 Å². The molecule has 0 spiro atoms. The van der Waals surface area contributed by atoms with Gasteiger partial charge in [0.25, 0.3) is 0 Å². The van der Waals surface area contributed by atoms with Crippen molar-refractivity contribution >= 4 is 22.5 Å². The number of imidazole rings is 1. The maximum atomic E-state index is 14.6. The molecule has 0 saturated carbocycles. The van der Waals surface area contributed by atoms with E-state index < -0.39 is 11.6 Å². The maximum absolute atomic E-state index is 14.6. The average Bonchev–Trinajstić information content (AvgIpc) is 3.28. The van der Waals surface area contributed by atoms with Crippen LogP contribution in [0.4, 0.5) is 24.7 Å². The quantitative estimate of drug-likeness (QED) is 0.303. The van der Waals surface area contributed by atoms with E-state index in [1.807, 2.05) is 13.0 Å². The zero-order chi connectivity index (χ0) is 26.1. The minimum atomic E-state index is -0.762. The normalized spacial score (nSPS) is 14.5. The Balaban J connectivity index is 1.78. The fourth-order valence-corrected chi connectivity index (χ4v) is 4.85. The molecule has 0 aliphatic carbocycles. The van der Waals surface area contributed by atoms with Gasteiger partial charge in [-0.15, -0.1) is 0 Å². The molecule has 2 aromatic carbocycles. The molecule has 5 rings (SSSR count). The molecule has 0 radical (unpaired) electrons. The Morgan fingerprint density at radius 3 is 2.59 bits per heavy atom. The zero-order valence-corrected chi connectivity index (χ0v) is 20.7. The lowest BCUT2D eigenvalue weighted by Gasteiger charge is -2.35. The monoisotopic (exact) mass is 510 g/mol. The summed E-state index contributed by atoms with van der Waals surface area (Å²) < 4.78 is 48.3. The van der Waals surface area contributed by atoms with Gasteiger partial charge in [-0.25, -0.2) is 23.1 Å². The molecule has 0 atom stereocenters. The third kappa shape index (κ3) is 5.12. The van der Waals surface area contributed by atoms with Gasteiger partial charge in [0, 0.05) is 50.6 Å². The number of methoxy groups -OCH3 is 1. The molecule has 0 amide bonds. The molecule has 2 aromatic heterocycles. The molecular formula is C27H29F3N6O. The van der Waals surface area contributed by atoms with Crippen LogP contribution in [0.15, 0.2) is 36.5 Å². The number of hydrogen-bond donors (Lipinski definition) is 3. The lowest BCUT2D eigenvalue weighted by molar-refractivity contribution is 0.210. The van der Waals surface area contributed by atoms with Crippen molar-refractivity contribution in [3.05, 3.63) is 59.5 Å². The van der Waals surface area contributed by atoms with E-state index in [0.717, 1.165) is 30.2 Å². The molecular weight excluding hydrogens is 481 g/mol. The maximum Gasteiger partial charge on any atom is 0.153 e. The lowest BCUT2D eigenvalue weighted by atomic mass is 9.96. The number of hydrogen-bond acceptors (Lipinski definition) is 6. The topological polar surface area (TPSA) is 92.1 Å². The van der Waals surface area contributed by atoms with E-state index in [-0.39, 0.29) is 22.9 Å². The van der Waals surface area contributed by atoms with Crippen molar-refractivity contribution in [2.24, 2.45) is 5.73 Å². The van der Waals surface area contributed by atoms with Crippen LogP contribution in [0.3, 0.4) is 0 Å². The first-order chi connectivity index (χ1) is 17.8. The highest BCUT2D eigenvalue weighted by Crippen LogP contribution is 2.44. The van der Waals surface area contributed by atoms with Gasteiger partial charge < -0.3 is 25.7 Å². The molecule has 1 fully saturated rings. The Bertz CT molecular complexity index is 1410. The fourth-order valence-electron chi connectivity index (χ4n) is 4.85. The van der Waals surface area contributed by atoms with Crippen molar-refractivity contribution in [3.63, 3.8) is 0 Å². The Morgan fingerprint density at radius 2 is 1.86 bits per heavy atom. The van der Waals surface area contributed by atoms with Gasteiger partial charge in [-0.2, -0.15) is 0 Å². The number of ether oxygens (including phenoxy) is 1. The molecule has 3 heterocycles. The highest BCUT2D eigenvalue weighted by Gasteiger charge is 2.28. The van der Waals surface area contributed by atoms with E-state index >= 15 is 0 Å². The van der Waals surface area contributed by atoms with Crippen LogP contribution in [-0.4, -0.2) is 54.3 Å². The summed E-state index contributed by atoms with van der Waals surface area (Å²) in [6.07, 6.45) is 3.26. The number of piperidine rings is 1. The summed E-state index contributed by atoms with van der Waals surface area (Å²) in [6.45, 7) is 4.06. The summed E-state index contributed by atoms with van der Waals surface area (Å²) in [5, 5.41) is 3.28. The number of benzene rings is 2. The van der Waals surface area contributed by atoms with E-state index in [9.17, 15) is 13.2 Å². The van der Waals surface area contributed by atoms with Gasteiger partial charge in [0.15, 0.2) is 5.82 Å². The molecule has 194 valence electrons. The SMILES string of the molecule is COCCNc1ncc(-c2cc(C)cc(F)c2)c(N2CCC(N)CC2)c1-c1nc2c(F)cc(F)cc2[nH]1. The van der Waals surface area contributed by atoms with E-state index in [1.54, 1.807) is 13.3 Å². The predicted molar refractivity (Wildman–Crippen MR) is 139 cm³/mol. The molecule has 1 aliphatic heterocycles. The molecule has 37 heavy (non-hydrogen) atoms. The molecule has 1 saturated heterocycles. The van der Waals surface area contributed by atoms with Gasteiger partial charge in [-0.05, 0) is 49.1 Å². The van der Waals surface area contributed by atoms with Gasteiger partial charge in [0.05, 0.1) is 23.4 Å². The summed E-state index contributed by atoms with van der Waals surface area (Å²) in [6, 6.07) is 6.94. The van der Waals surface area contributed by atoms with Crippen LogP contribution in [0.1, 0.15) is 18.4 Å². The number of pyridine rings is 1. The second kappa shape index (κ2) is 10.4. The molecule has 4 aromatic rings. The van der Waals surface area contributed by atoms with Crippen LogP contribution < -0.4 is 16.0 Å². The molecule has 1 aliphatic rings. The summed E-state index contributed by atoms with van der Waals surface area (Å²) >= 11 is 0. The minimum absolute atomic E-state index is 0.0258. The van der Waals surface area contributed by atoms with Gasteiger partial charge in [0.2, 0.25) is 0 Å². The first-order valence-corrected chi connectivity index (χ1v) is 12.2. The summed E-state index contributed by atoms with van der Waals surface area (Å²) in [5.74, 6) is -0.995. The van der Waals surface area contributed by atoms with Crippen molar-refractivity contribution in [2.75, 3.05) is 43.6 Å². The van der Waals surface area contributed by atoms with Crippen LogP contribution in [0, 0.1) is 24.4 Å². The molecule has 10 heteroatoms. The summed E-state index contributed by atoms with van der Waals surface area (Å²) in [4.78, 5) is 14.5. The van der Waals surface area contributed by atoms with Crippen LogP contribution in [0.2, 0.25) is 0 Å². The Kier molecular flexibility index (Phi) is 7.03. The highest BCUT2D eigenvalue weighted by atomic mass is 19.1. The number of H-pyrrole nitrogens is 1. The number of anilines is 2. The van der Waals surface area contributed by atoms with Crippen molar-refractivity contribution in [1.82, 2.24) is 15.0 Å². The Morgan fingerprint density at radius 1 is 1.11 bits per heavy atom. The number of rotatable bonds is 7. The van der Waals surface area contributed by atoms with E-state index in [4.69, 9.17) is 10.5 Å². The van der Waals surface area contributed by atoms with E-state index in [0.29, 0.717) is 54.6 Å². The Labute approximate surface area is 212 Å². The summed E-state index contributed by atoms with van der Waals surface area (Å²) in [5.41, 5.74) is 9.94. The van der Waals surface area contributed by atoms with Gasteiger partial charge in [0.1, 0.15) is 28.8 Å². The first kappa shape index (κ1) is 25.0. The molecule has 0 bridgehead atoms. The fraction of sp³-hybridized carbons (Fsp3) is 0.333. The van der Waals surface area contributed by atoms with E-state index in [2.05, 4.69) is 25.2 Å². The van der Waals surface area contributed by atoms with Crippen LogP contribution >= 0.6 is 0 Å². The number of nitrogens with one attached hydrogen (secondary N) is 2. The number of fused-ring (bicyclic) bond motifs is 1. The Hall–Kier alpha value is -3.63. The van der Waals surface area contributed by atoms with Crippen molar-refractivity contribution < 1.29 is 17.9 Å². The lowest BCUT2D eigenvalue weighted by Crippen LogP contribution is -2.40. The minimum Gasteiger partial charge on any atom is -0.383 e.